The second-order valence-electron chi connectivity index (χ2n) is 1.27. The maximum absolute atomic E-state index is 10.3. The van der Waals surface area contributed by atoms with Crippen LogP contribution >= 0.6 is 0 Å². The lowest BCUT2D eigenvalue weighted by Crippen LogP contribution is -3.00. The maximum Gasteiger partial charge on any atom is 0.334 e. The second-order valence-corrected chi connectivity index (χ2v) is 1.27. The molecule has 0 aliphatic heterocycles. The molecule has 0 aromatic heterocycles. The molecule has 0 N–H and O–H groups in total. The predicted octanol–water partition coefficient (Wildman–Crippen LogP) is -13.4. The summed E-state index contributed by atoms with van der Waals surface area (Å²) < 4.78 is 61.4. The van der Waals surface area contributed by atoms with Gasteiger partial charge in [0.1, 0.15) is 0 Å². The fourth-order valence-corrected chi connectivity index (χ4v) is 0. The van der Waals surface area contributed by atoms with E-state index in [1.54, 1.807) is 6.08 Å². The highest BCUT2D eigenvalue weighted by atomic mass is 19.3. The average molecular weight is 320 g/mol. The number of allylic oxidation sites excluding steroid dienone is 1. The van der Waals surface area contributed by atoms with Gasteiger partial charge in [0.15, 0.2) is 0 Å². The highest BCUT2D eigenvalue weighted by molar-refractivity contribution is 4.77. The highest BCUT2D eigenvalue weighted by Gasteiger charge is 1.98. The van der Waals surface area contributed by atoms with Gasteiger partial charge in [-0.25, -0.2) is 0 Å². The van der Waals surface area contributed by atoms with Crippen LogP contribution < -0.4 is 28.2 Å². The molecule has 0 heterocycles. The van der Waals surface area contributed by atoms with Crippen LogP contribution in [-0.4, -0.2) is 0 Å². The molecule has 0 amide bonds. The molecule has 0 aromatic rings. The topological polar surface area (TPSA) is 0 Å². The van der Waals surface area contributed by atoms with Crippen LogP contribution in [0.5, 0.6) is 0 Å². The molecular weight excluding hydrogens is 312 g/mol. The van der Waals surface area contributed by atoms with E-state index in [0.717, 1.165) is 0 Å². The van der Waals surface area contributed by atoms with Crippen LogP contribution in [0.3, 0.4) is 0 Å². The molecule has 19 heavy (non-hydrogen) atoms. The van der Waals surface area contributed by atoms with Crippen LogP contribution in [0.2, 0.25) is 0 Å². The third-order valence-corrected chi connectivity index (χ3v) is 0.143. The zero-order chi connectivity index (χ0) is 11.4. The van der Waals surface area contributed by atoms with Crippen LogP contribution in [0, 0.1) is 0 Å². The third kappa shape index (κ3) is 598. The van der Waals surface area contributed by atoms with Gasteiger partial charge in [-0.1, -0.05) is 6.08 Å². The summed E-state index contributed by atoms with van der Waals surface area (Å²) in [6.45, 7) is 7.47. The molecule has 0 radical (unpaired) electrons. The van der Waals surface area contributed by atoms with Gasteiger partial charge >= 0.3 is 12.2 Å². The lowest BCUT2D eigenvalue weighted by molar-refractivity contribution is -0.00100. The summed E-state index contributed by atoms with van der Waals surface area (Å²) in [4.78, 5) is 0. The van der Waals surface area contributed by atoms with Gasteiger partial charge in [0.05, 0.1) is 0 Å². The normalized spacial score (nSPS) is 4.58. The Kier molecular flexibility index (Phi) is 193. The minimum Gasteiger partial charge on any atom is -1.00 e. The summed E-state index contributed by atoms with van der Waals surface area (Å²) in [5.74, 6) is 0. The van der Waals surface area contributed by atoms with Crippen molar-refractivity contribution in [1.82, 2.24) is 0 Å². The molecule has 0 aliphatic carbocycles. The van der Waals surface area contributed by atoms with Gasteiger partial charge in [0, 0.05) is 0 Å². The van der Waals surface area contributed by atoms with Gasteiger partial charge in [-0.05, 0) is 13.5 Å². The lowest BCUT2D eigenvalue weighted by atomic mass is 10.8. The van der Waals surface area contributed by atoms with Crippen LogP contribution in [0.15, 0.2) is 37.5 Å². The van der Waals surface area contributed by atoms with E-state index in [1.165, 1.54) is 0 Å². The van der Waals surface area contributed by atoms with E-state index in [-0.39, 0.29) is 28.2 Å². The standard InChI is InChI=1S/C3H6.C2F4.C2H2F2.6FH/c1-3-2;3-1(4)2(5)6;1-2(3)4;;;;;;/h3H,1H2,2H3;;1H2;6*1H/p-6. The molecule has 0 nitrogen and oxygen atoms in total. The Morgan fingerprint density at radius 2 is 0.737 bits per heavy atom. The number of hydrogen-bond donors (Lipinski definition) is 0. The Hall–Kier alpha value is -1.62. The summed E-state index contributed by atoms with van der Waals surface area (Å²) in [5, 5.41) is 0. The third-order valence-electron chi connectivity index (χ3n) is 0.143. The largest absolute Gasteiger partial charge is 1.00 e. The lowest BCUT2D eigenvalue weighted by Gasteiger charge is -1.69. The summed E-state index contributed by atoms with van der Waals surface area (Å²) >= 11 is 0. The minimum atomic E-state index is -2.91. The Balaban J connectivity index is -0.0000000101. The Morgan fingerprint density at radius 1 is 0.684 bits per heavy atom. The quantitative estimate of drug-likeness (QED) is 0.307. The summed E-state index contributed by atoms with van der Waals surface area (Å²) in [5.41, 5.74) is 0. The highest BCUT2D eigenvalue weighted by Crippen LogP contribution is 2.08. The first-order valence-electron chi connectivity index (χ1n) is 2.72. The van der Waals surface area contributed by atoms with Gasteiger partial charge in [0.25, 0.3) is 6.08 Å². The molecule has 0 aromatic carbocycles. The first kappa shape index (κ1) is 66.4. The Morgan fingerprint density at radius 3 is 0.737 bits per heavy atom. The summed E-state index contributed by atoms with van der Waals surface area (Å²) in [6.07, 6.45) is -5.90. The van der Waals surface area contributed by atoms with Crippen molar-refractivity contribution in [1.29, 1.82) is 0 Å². The van der Waals surface area contributed by atoms with Crippen molar-refractivity contribution < 1.29 is 54.6 Å². The fourth-order valence-electron chi connectivity index (χ4n) is 0. The van der Waals surface area contributed by atoms with Crippen molar-refractivity contribution in [2.45, 2.75) is 6.92 Å². The van der Waals surface area contributed by atoms with E-state index >= 15 is 0 Å². The fraction of sp³-hybridized carbons (Fsp3) is 0.143. The zero-order valence-electron chi connectivity index (χ0n) is 9.03. The number of hydrogen-bond acceptors (Lipinski definition) is 0. The van der Waals surface area contributed by atoms with E-state index in [0.29, 0.717) is 0 Å². The van der Waals surface area contributed by atoms with Crippen molar-refractivity contribution in [3.05, 3.63) is 37.5 Å². The van der Waals surface area contributed by atoms with Crippen LogP contribution in [0.4, 0.5) is 26.3 Å². The molecule has 0 saturated carbocycles. The minimum absolute atomic E-state index is 0. The predicted molar refractivity (Wildman–Crippen MR) is 38.7 cm³/mol. The van der Waals surface area contributed by atoms with Gasteiger partial charge in [-0.15, -0.1) is 6.58 Å². The van der Waals surface area contributed by atoms with Crippen molar-refractivity contribution in [2.24, 2.45) is 0 Å². The summed E-state index contributed by atoms with van der Waals surface area (Å²) in [7, 11) is 0. The van der Waals surface area contributed by atoms with Gasteiger partial charge in [-0.2, -0.15) is 26.3 Å². The SMILES string of the molecule is C=C(F)F.C=CC.FC(F)=C(F)F.[F-].[F-].[F-].[F-].[F-].[F-]. The molecule has 126 valence electrons. The molecule has 0 atom stereocenters. The van der Waals surface area contributed by atoms with Gasteiger partial charge < -0.3 is 28.2 Å². The number of rotatable bonds is 0. The van der Waals surface area contributed by atoms with E-state index in [1.807, 2.05) is 6.92 Å². The summed E-state index contributed by atoms with van der Waals surface area (Å²) in [6, 6.07) is 0. The first-order valence-corrected chi connectivity index (χ1v) is 2.72. The number of halogens is 12. The molecule has 0 rings (SSSR count). The van der Waals surface area contributed by atoms with Gasteiger partial charge in [0.2, 0.25) is 0 Å². The molecule has 12 heteroatoms. The van der Waals surface area contributed by atoms with Crippen LogP contribution in [0.25, 0.3) is 0 Å². The van der Waals surface area contributed by atoms with E-state index in [9.17, 15) is 26.3 Å². The first-order chi connectivity index (χ1) is 5.79. The monoisotopic (exact) mass is 320 g/mol. The van der Waals surface area contributed by atoms with Crippen molar-refractivity contribution in [3.8, 4) is 0 Å². The molecule has 0 spiro atoms. The van der Waals surface area contributed by atoms with Crippen molar-refractivity contribution in [3.63, 3.8) is 0 Å². The molecule has 0 unspecified atom stereocenters. The molecule has 0 bridgehead atoms. The molecule has 0 fully saturated rings. The second kappa shape index (κ2) is 55.2. The van der Waals surface area contributed by atoms with Crippen molar-refractivity contribution >= 4 is 0 Å². The van der Waals surface area contributed by atoms with E-state index in [4.69, 9.17) is 0 Å². The van der Waals surface area contributed by atoms with Crippen molar-refractivity contribution in [2.75, 3.05) is 0 Å². The van der Waals surface area contributed by atoms with Crippen LogP contribution in [-0.2, 0) is 0 Å². The smallest absolute Gasteiger partial charge is 0.334 e. The van der Waals surface area contributed by atoms with E-state index in [2.05, 4.69) is 13.2 Å². The van der Waals surface area contributed by atoms with Gasteiger partial charge in [-0.3, -0.25) is 0 Å². The Bertz CT molecular complexity index is 155. The maximum atomic E-state index is 10.3. The zero-order valence-corrected chi connectivity index (χ0v) is 9.03. The molecule has 0 saturated heterocycles. The molecule has 0 aliphatic rings. The van der Waals surface area contributed by atoms with Crippen LogP contribution in [0.1, 0.15) is 6.92 Å². The average Bonchev–Trinajstić information content (AvgIpc) is 1.87. The van der Waals surface area contributed by atoms with E-state index < -0.39 is 18.2 Å². The molecular formula is C7H8F12-6. The Labute approximate surface area is 100 Å².